The number of nitrogens with zero attached hydrogens (tertiary/aromatic N) is 1. The molecule has 1 unspecified atom stereocenters. The molecule has 0 amide bonds. The zero-order chi connectivity index (χ0) is 8.39. The molecule has 0 aromatic heterocycles. The van der Waals surface area contributed by atoms with Gasteiger partial charge in [0.05, 0.1) is 0 Å². The van der Waals surface area contributed by atoms with Crippen LogP contribution < -0.4 is 10.6 Å². The lowest BCUT2D eigenvalue weighted by molar-refractivity contribution is 0.332. The highest BCUT2D eigenvalue weighted by molar-refractivity contribution is 4.84. The van der Waals surface area contributed by atoms with Crippen molar-refractivity contribution in [2.45, 2.75) is 12.5 Å². The standard InChI is InChI=1S/C9H19N3/c1-12-3-2-8(7-12)4-11-9-5-10-6-9/h8-11H,2-7H2,1H3. The van der Waals surface area contributed by atoms with Gasteiger partial charge in [-0.3, -0.25) is 0 Å². The molecule has 2 rings (SSSR count). The van der Waals surface area contributed by atoms with E-state index in [4.69, 9.17) is 0 Å². The van der Waals surface area contributed by atoms with E-state index < -0.39 is 0 Å². The third-order valence-electron chi connectivity index (χ3n) is 2.97. The lowest BCUT2D eigenvalue weighted by atomic mass is 10.1. The molecule has 2 aliphatic rings. The van der Waals surface area contributed by atoms with Gasteiger partial charge in [-0.1, -0.05) is 0 Å². The molecule has 0 aromatic carbocycles. The van der Waals surface area contributed by atoms with Crippen molar-refractivity contribution in [1.29, 1.82) is 0 Å². The van der Waals surface area contributed by atoms with Gasteiger partial charge in [-0.25, -0.2) is 0 Å². The maximum Gasteiger partial charge on any atom is 0.0317 e. The van der Waals surface area contributed by atoms with E-state index in [9.17, 15) is 0 Å². The van der Waals surface area contributed by atoms with Gasteiger partial charge in [0.25, 0.3) is 0 Å². The minimum absolute atomic E-state index is 0.760. The minimum atomic E-state index is 0.760. The first-order valence-electron chi connectivity index (χ1n) is 4.97. The first-order valence-corrected chi connectivity index (χ1v) is 4.97. The summed E-state index contributed by atoms with van der Waals surface area (Å²) < 4.78 is 0. The molecule has 3 nitrogen and oxygen atoms in total. The summed E-state index contributed by atoms with van der Waals surface area (Å²) in [6, 6.07) is 0.760. The molecule has 2 fully saturated rings. The molecule has 0 saturated carbocycles. The van der Waals surface area contributed by atoms with E-state index in [-0.39, 0.29) is 0 Å². The number of likely N-dealkylation sites (tertiary alicyclic amines) is 1. The lowest BCUT2D eigenvalue weighted by Crippen LogP contribution is -2.56. The van der Waals surface area contributed by atoms with Crippen molar-refractivity contribution >= 4 is 0 Å². The normalized spacial score (nSPS) is 32.2. The molecule has 2 aliphatic heterocycles. The highest BCUT2D eigenvalue weighted by Crippen LogP contribution is 2.13. The van der Waals surface area contributed by atoms with Gasteiger partial charge in [0.2, 0.25) is 0 Å². The fourth-order valence-electron chi connectivity index (χ4n) is 1.96. The van der Waals surface area contributed by atoms with Crippen molar-refractivity contribution in [3.05, 3.63) is 0 Å². The van der Waals surface area contributed by atoms with Crippen LogP contribution in [0.1, 0.15) is 6.42 Å². The fraction of sp³-hybridized carbons (Fsp3) is 1.00. The summed E-state index contributed by atoms with van der Waals surface area (Å²) in [5.41, 5.74) is 0. The van der Waals surface area contributed by atoms with E-state index in [0.717, 1.165) is 12.0 Å². The second-order valence-electron chi connectivity index (χ2n) is 4.18. The second-order valence-corrected chi connectivity index (χ2v) is 4.18. The fourth-order valence-corrected chi connectivity index (χ4v) is 1.96. The molecule has 3 heteroatoms. The van der Waals surface area contributed by atoms with Gasteiger partial charge in [-0.05, 0) is 32.5 Å². The zero-order valence-electron chi connectivity index (χ0n) is 7.84. The van der Waals surface area contributed by atoms with Crippen LogP contribution in [0.5, 0.6) is 0 Å². The van der Waals surface area contributed by atoms with Gasteiger partial charge < -0.3 is 15.5 Å². The third kappa shape index (κ3) is 1.97. The zero-order valence-corrected chi connectivity index (χ0v) is 7.84. The van der Waals surface area contributed by atoms with E-state index >= 15 is 0 Å². The van der Waals surface area contributed by atoms with Gasteiger partial charge in [0, 0.05) is 25.7 Å². The minimum Gasteiger partial charge on any atom is -0.314 e. The summed E-state index contributed by atoms with van der Waals surface area (Å²) in [6.07, 6.45) is 1.38. The average Bonchev–Trinajstić information content (AvgIpc) is 2.32. The summed E-state index contributed by atoms with van der Waals surface area (Å²) in [7, 11) is 2.21. The maximum absolute atomic E-state index is 3.59. The molecule has 2 saturated heterocycles. The molecule has 2 N–H and O–H groups in total. The smallest absolute Gasteiger partial charge is 0.0317 e. The number of hydrogen-bond acceptors (Lipinski definition) is 3. The SMILES string of the molecule is CN1CCC(CNC2CNC2)C1. The predicted molar refractivity (Wildman–Crippen MR) is 50.3 cm³/mol. The van der Waals surface area contributed by atoms with Gasteiger partial charge in [-0.2, -0.15) is 0 Å². The van der Waals surface area contributed by atoms with Crippen molar-refractivity contribution in [3.63, 3.8) is 0 Å². The predicted octanol–water partition coefficient (Wildman–Crippen LogP) is -0.500. The van der Waals surface area contributed by atoms with Crippen LogP contribution in [-0.4, -0.2) is 50.7 Å². The van der Waals surface area contributed by atoms with Gasteiger partial charge in [-0.15, -0.1) is 0 Å². The lowest BCUT2D eigenvalue weighted by Gasteiger charge is -2.29. The first kappa shape index (κ1) is 8.48. The Kier molecular flexibility index (Phi) is 2.63. The molecule has 0 aliphatic carbocycles. The first-order chi connectivity index (χ1) is 5.84. The molecule has 0 radical (unpaired) electrons. The maximum atomic E-state index is 3.59. The summed E-state index contributed by atoms with van der Waals surface area (Å²) in [5, 5.41) is 6.86. The van der Waals surface area contributed by atoms with Crippen LogP contribution in [-0.2, 0) is 0 Å². The third-order valence-corrected chi connectivity index (χ3v) is 2.97. The Labute approximate surface area is 74.5 Å². The van der Waals surface area contributed by atoms with Crippen molar-refractivity contribution in [3.8, 4) is 0 Å². The molecule has 1 atom stereocenters. The molecule has 0 spiro atoms. The summed E-state index contributed by atoms with van der Waals surface area (Å²) in [4.78, 5) is 2.42. The van der Waals surface area contributed by atoms with Crippen molar-refractivity contribution in [2.75, 3.05) is 39.8 Å². The number of hydrogen-bond donors (Lipinski definition) is 2. The Balaban J connectivity index is 1.60. The highest BCUT2D eigenvalue weighted by atomic mass is 15.1. The molecule has 0 aromatic rings. The highest BCUT2D eigenvalue weighted by Gasteiger charge is 2.22. The average molecular weight is 169 g/mol. The van der Waals surface area contributed by atoms with Crippen LogP contribution in [0, 0.1) is 5.92 Å². The number of rotatable bonds is 3. The van der Waals surface area contributed by atoms with E-state index in [0.29, 0.717) is 0 Å². The van der Waals surface area contributed by atoms with E-state index in [2.05, 4.69) is 22.6 Å². The van der Waals surface area contributed by atoms with Crippen LogP contribution >= 0.6 is 0 Å². The summed E-state index contributed by atoms with van der Waals surface area (Å²) in [6.45, 7) is 6.13. The van der Waals surface area contributed by atoms with Crippen molar-refractivity contribution < 1.29 is 0 Å². The Morgan fingerprint density at radius 3 is 2.83 bits per heavy atom. The van der Waals surface area contributed by atoms with Crippen LogP contribution in [0.3, 0.4) is 0 Å². The molecule has 0 bridgehead atoms. The molecule has 2 heterocycles. The van der Waals surface area contributed by atoms with Crippen molar-refractivity contribution in [1.82, 2.24) is 15.5 Å². The monoisotopic (exact) mass is 169 g/mol. The molecule has 70 valence electrons. The number of nitrogens with one attached hydrogen (secondary N) is 2. The summed E-state index contributed by atoms with van der Waals surface area (Å²) in [5.74, 6) is 0.899. The van der Waals surface area contributed by atoms with E-state index in [1.54, 1.807) is 0 Å². The largest absolute Gasteiger partial charge is 0.314 e. The van der Waals surface area contributed by atoms with Crippen molar-refractivity contribution in [2.24, 2.45) is 5.92 Å². The topological polar surface area (TPSA) is 27.3 Å². The van der Waals surface area contributed by atoms with E-state index in [1.807, 2.05) is 0 Å². The van der Waals surface area contributed by atoms with Crippen LogP contribution in [0.25, 0.3) is 0 Å². The molecular formula is C9H19N3. The second kappa shape index (κ2) is 3.73. The summed E-state index contributed by atoms with van der Waals surface area (Å²) >= 11 is 0. The van der Waals surface area contributed by atoms with Gasteiger partial charge in [0.15, 0.2) is 0 Å². The van der Waals surface area contributed by atoms with Crippen LogP contribution in [0.4, 0.5) is 0 Å². The quantitative estimate of drug-likeness (QED) is 0.596. The Bertz CT molecular complexity index is 145. The Hall–Kier alpha value is -0.120. The van der Waals surface area contributed by atoms with Crippen LogP contribution in [0.15, 0.2) is 0 Å². The van der Waals surface area contributed by atoms with Crippen LogP contribution in [0.2, 0.25) is 0 Å². The Morgan fingerprint density at radius 2 is 2.33 bits per heavy atom. The van der Waals surface area contributed by atoms with E-state index in [1.165, 1.54) is 39.1 Å². The van der Waals surface area contributed by atoms with Gasteiger partial charge in [0.1, 0.15) is 0 Å². The molecular weight excluding hydrogens is 150 g/mol. The Morgan fingerprint density at radius 1 is 1.50 bits per heavy atom. The molecule has 12 heavy (non-hydrogen) atoms. The van der Waals surface area contributed by atoms with Gasteiger partial charge >= 0.3 is 0 Å².